The quantitative estimate of drug-likeness (QED) is 0.663. The van der Waals surface area contributed by atoms with E-state index in [9.17, 15) is 4.79 Å². The number of H-pyrrole nitrogens is 1. The van der Waals surface area contributed by atoms with Gasteiger partial charge in [-0.1, -0.05) is 18.2 Å². The molecule has 2 saturated heterocycles. The van der Waals surface area contributed by atoms with Gasteiger partial charge in [0.1, 0.15) is 6.04 Å². The lowest BCUT2D eigenvalue weighted by Gasteiger charge is -2.44. The lowest BCUT2D eigenvalue weighted by molar-refractivity contribution is -0.127. The topological polar surface area (TPSA) is 105 Å². The van der Waals surface area contributed by atoms with Crippen LogP contribution in [-0.2, 0) is 4.79 Å². The SMILES string of the molecule is N#CN1CCN2CCN(c3ccc(-c4cccc5cn[nH]c45)nn3)C(=O)[C@H]2C1. The smallest absolute Gasteiger partial charge is 0.247 e. The molecule has 0 aliphatic carbocycles. The lowest BCUT2D eigenvalue weighted by atomic mass is 10.1. The third-order valence-electron chi connectivity index (χ3n) is 5.47. The molecule has 1 atom stereocenters. The number of nitrogens with one attached hydrogen (secondary N) is 1. The zero-order valence-electron chi connectivity index (χ0n) is 15.1. The third kappa shape index (κ3) is 2.66. The molecular formula is C19H18N8O. The number of piperazine rings is 2. The van der Waals surface area contributed by atoms with Crippen LogP contribution in [0.2, 0.25) is 0 Å². The Kier molecular flexibility index (Phi) is 3.91. The van der Waals surface area contributed by atoms with E-state index in [1.54, 1.807) is 16.0 Å². The van der Waals surface area contributed by atoms with Gasteiger partial charge in [0.05, 0.1) is 24.0 Å². The van der Waals surface area contributed by atoms with Gasteiger partial charge in [-0.3, -0.25) is 19.7 Å². The van der Waals surface area contributed by atoms with Crippen molar-refractivity contribution in [3.63, 3.8) is 0 Å². The van der Waals surface area contributed by atoms with E-state index in [0.717, 1.165) is 35.2 Å². The third-order valence-corrected chi connectivity index (χ3v) is 5.47. The van der Waals surface area contributed by atoms with Crippen LogP contribution in [0.15, 0.2) is 36.5 Å². The highest BCUT2D eigenvalue weighted by molar-refractivity contribution is 5.97. The second-order valence-electron chi connectivity index (χ2n) is 7.00. The first kappa shape index (κ1) is 16.6. The van der Waals surface area contributed by atoms with E-state index in [2.05, 4.69) is 31.5 Å². The van der Waals surface area contributed by atoms with Crippen molar-refractivity contribution in [1.29, 1.82) is 5.26 Å². The molecule has 2 aliphatic rings. The largest absolute Gasteiger partial charge is 0.307 e. The van der Waals surface area contributed by atoms with Crippen LogP contribution < -0.4 is 4.90 Å². The number of nitrogens with zero attached hydrogens (tertiary/aromatic N) is 7. The molecule has 2 fully saturated rings. The van der Waals surface area contributed by atoms with Crippen LogP contribution >= 0.6 is 0 Å². The number of hydrogen-bond donors (Lipinski definition) is 1. The number of carbonyl (C=O) groups excluding carboxylic acids is 1. The summed E-state index contributed by atoms with van der Waals surface area (Å²) < 4.78 is 0. The number of anilines is 1. The average molecular weight is 374 g/mol. The molecule has 1 amide bonds. The number of hydrogen-bond acceptors (Lipinski definition) is 7. The van der Waals surface area contributed by atoms with Gasteiger partial charge in [-0.2, -0.15) is 10.4 Å². The van der Waals surface area contributed by atoms with Gasteiger partial charge in [0.2, 0.25) is 5.91 Å². The van der Waals surface area contributed by atoms with Gasteiger partial charge in [0.15, 0.2) is 12.0 Å². The molecule has 1 aromatic carbocycles. The summed E-state index contributed by atoms with van der Waals surface area (Å²) in [4.78, 5) is 18.4. The second kappa shape index (κ2) is 6.58. The second-order valence-corrected chi connectivity index (χ2v) is 7.00. The first-order valence-electron chi connectivity index (χ1n) is 9.21. The van der Waals surface area contributed by atoms with E-state index in [-0.39, 0.29) is 11.9 Å². The van der Waals surface area contributed by atoms with Crippen molar-refractivity contribution >= 4 is 22.6 Å². The number of aromatic amines is 1. The van der Waals surface area contributed by atoms with Gasteiger partial charge in [-0.15, -0.1) is 10.2 Å². The Morgan fingerprint density at radius 1 is 1.11 bits per heavy atom. The molecule has 0 saturated carbocycles. The van der Waals surface area contributed by atoms with Gasteiger partial charge >= 0.3 is 0 Å². The Labute approximate surface area is 161 Å². The van der Waals surface area contributed by atoms with Crippen LogP contribution in [0.25, 0.3) is 22.2 Å². The summed E-state index contributed by atoms with van der Waals surface area (Å²) in [6.45, 7) is 3.18. The van der Waals surface area contributed by atoms with E-state index in [1.807, 2.05) is 30.3 Å². The van der Waals surface area contributed by atoms with E-state index < -0.39 is 0 Å². The zero-order valence-corrected chi connectivity index (χ0v) is 15.1. The Morgan fingerprint density at radius 3 is 2.82 bits per heavy atom. The maximum atomic E-state index is 13.0. The van der Waals surface area contributed by atoms with Crippen LogP contribution in [0.3, 0.4) is 0 Å². The summed E-state index contributed by atoms with van der Waals surface area (Å²) in [6.07, 6.45) is 3.92. The van der Waals surface area contributed by atoms with Gasteiger partial charge in [0.25, 0.3) is 0 Å². The summed E-state index contributed by atoms with van der Waals surface area (Å²) in [5.41, 5.74) is 2.55. The number of benzene rings is 1. The van der Waals surface area contributed by atoms with Crippen molar-refractivity contribution in [3.8, 4) is 17.5 Å². The van der Waals surface area contributed by atoms with E-state index in [4.69, 9.17) is 5.26 Å². The molecule has 5 rings (SSSR count). The summed E-state index contributed by atoms with van der Waals surface area (Å²) in [7, 11) is 0. The molecule has 140 valence electrons. The first-order valence-corrected chi connectivity index (χ1v) is 9.21. The van der Waals surface area contributed by atoms with Crippen molar-refractivity contribution in [2.75, 3.05) is 37.6 Å². The Morgan fingerprint density at radius 2 is 2.00 bits per heavy atom. The number of aromatic nitrogens is 4. The molecule has 0 bridgehead atoms. The monoisotopic (exact) mass is 374 g/mol. The fourth-order valence-electron chi connectivity index (χ4n) is 3.95. The molecule has 0 spiro atoms. The number of amides is 1. The van der Waals surface area contributed by atoms with Gasteiger partial charge < -0.3 is 4.90 Å². The van der Waals surface area contributed by atoms with E-state index >= 15 is 0 Å². The molecule has 9 heteroatoms. The van der Waals surface area contributed by atoms with E-state index in [1.165, 1.54) is 0 Å². The van der Waals surface area contributed by atoms with Crippen molar-refractivity contribution in [2.45, 2.75) is 6.04 Å². The fourth-order valence-corrected chi connectivity index (χ4v) is 3.95. The predicted molar refractivity (Wildman–Crippen MR) is 102 cm³/mol. The lowest BCUT2D eigenvalue weighted by Crippen LogP contribution is -2.64. The molecule has 0 radical (unpaired) electrons. The number of nitriles is 1. The zero-order chi connectivity index (χ0) is 19.1. The highest BCUT2D eigenvalue weighted by Crippen LogP contribution is 2.27. The molecule has 2 aromatic heterocycles. The predicted octanol–water partition coefficient (Wildman–Crippen LogP) is 0.834. The Hall–Kier alpha value is -3.51. The highest BCUT2D eigenvalue weighted by Gasteiger charge is 2.39. The highest BCUT2D eigenvalue weighted by atomic mass is 16.2. The van der Waals surface area contributed by atoms with Crippen LogP contribution in [0.1, 0.15) is 0 Å². The minimum atomic E-state index is -0.303. The maximum Gasteiger partial charge on any atom is 0.247 e. The van der Waals surface area contributed by atoms with Crippen LogP contribution in [0.4, 0.5) is 5.82 Å². The average Bonchev–Trinajstić information content (AvgIpc) is 3.23. The van der Waals surface area contributed by atoms with Gasteiger partial charge in [-0.05, 0) is 12.1 Å². The summed E-state index contributed by atoms with van der Waals surface area (Å²) in [5, 5.41) is 25.9. The Balaban J connectivity index is 1.41. The van der Waals surface area contributed by atoms with E-state index in [0.29, 0.717) is 25.5 Å². The number of fused-ring (bicyclic) bond motifs is 2. The first-order chi connectivity index (χ1) is 13.7. The number of rotatable bonds is 2. The fraction of sp³-hybridized carbons (Fsp3) is 0.316. The molecule has 9 nitrogen and oxygen atoms in total. The standard InChI is InChI=1S/C19H18N8O/c20-12-25-6-7-26-8-9-27(19(28)16(26)11-25)17-5-4-15(22-23-17)14-3-1-2-13-10-21-24-18(13)14/h1-5,10,16H,6-9,11H2,(H,21,24)/t16-/m1/s1. The number of para-hydroxylation sites is 1. The van der Waals surface area contributed by atoms with Crippen LogP contribution in [0.5, 0.6) is 0 Å². The number of carbonyl (C=O) groups is 1. The van der Waals surface area contributed by atoms with Gasteiger partial charge in [0, 0.05) is 37.1 Å². The van der Waals surface area contributed by atoms with Crippen LogP contribution in [0, 0.1) is 11.5 Å². The minimum Gasteiger partial charge on any atom is -0.307 e. The van der Waals surface area contributed by atoms with Crippen molar-refractivity contribution in [1.82, 2.24) is 30.2 Å². The van der Waals surface area contributed by atoms with Crippen molar-refractivity contribution < 1.29 is 4.79 Å². The van der Waals surface area contributed by atoms with Crippen molar-refractivity contribution in [3.05, 3.63) is 36.5 Å². The molecule has 1 N–H and O–H groups in total. The van der Waals surface area contributed by atoms with Gasteiger partial charge in [-0.25, -0.2) is 0 Å². The van der Waals surface area contributed by atoms with Crippen LogP contribution in [-0.4, -0.2) is 74.9 Å². The molecule has 2 aliphatic heterocycles. The molecule has 3 aromatic rings. The normalized spacial score (nSPS) is 20.2. The van der Waals surface area contributed by atoms with Crippen molar-refractivity contribution in [2.24, 2.45) is 0 Å². The molecule has 0 unspecified atom stereocenters. The molecule has 4 heterocycles. The maximum absolute atomic E-state index is 13.0. The molecular weight excluding hydrogens is 356 g/mol. The summed E-state index contributed by atoms with van der Waals surface area (Å²) in [5.74, 6) is 0.517. The minimum absolute atomic E-state index is 0.0241. The summed E-state index contributed by atoms with van der Waals surface area (Å²) in [6, 6.07) is 9.30. The summed E-state index contributed by atoms with van der Waals surface area (Å²) >= 11 is 0. The Bertz CT molecular complexity index is 1070. The molecule has 28 heavy (non-hydrogen) atoms.